The van der Waals surface area contributed by atoms with Crippen molar-refractivity contribution >= 4 is 5.91 Å². The fourth-order valence-electron chi connectivity index (χ4n) is 3.48. The molecule has 1 aliphatic heterocycles. The van der Waals surface area contributed by atoms with Gasteiger partial charge in [0.05, 0.1) is 31.3 Å². The van der Waals surface area contributed by atoms with Crippen molar-refractivity contribution < 1.29 is 14.6 Å². The quantitative estimate of drug-likeness (QED) is 0.830. The van der Waals surface area contributed by atoms with Crippen molar-refractivity contribution in [2.24, 2.45) is 5.92 Å². The smallest absolute Gasteiger partial charge is 0.226 e. The number of ether oxygens (including phenoxy) is 1. The maximum atomic E-state index is 12.7. The van der Waals surface area contributed by atoms with Crippen LogP contribution in [0.4, 0.5) is 0 Å². The third-order valence-electron chi connectivity index (χ3n) is 4.97. The molecule has 26 heavy (non-hydrogen) atoms. The molecule has 1 fully saturated rings. The minimum atomic E-state index is -0.620. The molecule has 0 spiro atoms. The maximum absolute atomic E-state index is 12.7. The summed E-state index contributed by atoms with van der Waals surface area (Å²) < 4.78 is 6.09. The fraction of sp³-hybridized carbons (Fsp3) is 0.409. The van der Waals surface area contributed by atoms with Gasteiger partial charge in [-0.15, -0.1) is 0 Å². The highest BCUT2D eigenvalue weighted by molar-refractivity contribution is 5.80. The van der Waals surface area contributed by atoms with Crippen molar-refractivity contribution in [3.05, 3.63) is 71.8 Å². The van der Waals surface area contributed by atoms with Gasteiger partial charge in [0.15, 0.2) is 0 Å². The molecule has 2 aromatic rings. The van der Waals surface area contributed by atoms with E-state index in [0.717, 1.165) is 11.1 Å². The van der Waals surface area contributed by atoms with E-state index in [9.17, 15) is 9.90 Å². The van der Waals surface area contributed by atoms with Gasteiger partial charge < -0.3 is 14.7 Å². The Morgan fingerprint density at radius 2 is 1.62 bits per heavy atom. The number of hydrogen-bond donors (Lipinski definition) is 1. The van der Waals surface area contributed by atoms with Crippen LogP contribution in [0.1, 0.15) is 31.4 Å². The Labute approximate surface area is 155 Å². The van der Waals surface area contributed by atoms with Gasteiger partial charge in [-0.1, -0.05) is 74.5 Å². The molecule has 2 aromatic carbocycles. The minimum Gasteiger partial charge on any atom is -0.391 e. The number of likely N-dealkylation sites (tertiary alicyclic amines) is 1. The molecule has 1 N–H and O–H groups in total. The number of carbonyl (C=O) groups excluding carboxylic acids is 1. The summed E-state index contributed by atoms with van der Waals surface area (Å²) in [6.45, 7) is 4.89. The summed E-state index contributed by atoms with van der Waals surface area (Å²) in [5.41, 5.74) is 2.13. The van der Waals surface area contributed by atoms with Crippen molar-refractivity contribution in [2.75, 3.05) is 0 Å². The van der Waals surface area contributed by atoms with E-state index in [-0.39, 0.29) is 24.0 Å². The van der Waals surface area contributed by atoms with Crippen LogP contribution in [0, 0.1) is 5.92 Å². The van der Waals surface area contributed by atoms with Gasteiger partial charge in [0.2, 0.25) is 5.91 Å². The van der Waals surface area contributed by atoms with Crippen molar-refractivity contribution in [2.45, 2.75) is 51.7 Å². The molecule has 1 heterocycles. The third kappa shape index (κ3) is 4.32. The van der Waals surface area contributed by atoms with E-state index < -0.39 is 6.10 Å². The minimum absolute atomic E-state index is 0.0385. The van der Waals surface area contributed by atoms with E-state index in [1.165, 1.54) is 0 Å². The summed E-state index contributed by atoms with van der Waals surface area (Å²) in [7, 11) is 0. The molecule has 0 unspecified atom stereocenters. The predicted molar refractivity (Wildman–Crippen MR) is 101 cm³/mol. The van der Waals surface area contributed by atoms with Gasteiger partial charge >= 0.3 is 0 Å². The average Bonchev–Trinajstić information content (AvgIpc) is 2.96. The number of aliphatic hydroxyl groups is 1. The van der Waals surface area contributed by atoms with Crippen molar-refractivity contribution in [3.63, 3.8) is 0 Å². The molecule has 1 saturated heterocycles. The molecule has 4 heteroatoms. The van der Waals surface area contributed by atoms with E-state index in [0.29, 0.717) is 19.6 Å². The van der Waals surface area contributed by atoms with Crippen molar-refractivity contribution in [1.29, 1.82) is 0 Å². The molecule has 0 radical (unpaired) electrons. The Bertz CT molecular complexity index is 702. The Morgan fingerprint density at radius 1 is 1.04 bits per heavy atom. The molecule has 1 aliphatic rings. The van der Waals surface area contributed by atoms with Crippen molar-refractivity contribution in [1.82, 2.24) is 4.90 Å². The van der Waals surface area contributed by atoms with E-state index in [1.807, 2.05) is 74.5 Å². The lowest BCUT2D eigenvalue weighted by Gasteiger charge is -2.34. The molecule has 138 valence electrons. The van der Waals surface area contributed by atoms with Gasteiger partial charge in [-0.05, 0) is 17.0 Å². The molecular weight excluding hydrogens is 326 g/mol. The summed E-state index contributed by atoms with van der Waals surface area (Å²) in [5, 5.41) is 10.8. The molecule has 3 atom stereocenters. The molecule has 0 aliphatic carbocycles. The third-order valence-corrected chi connectivity index (χ3v) is 4.97. The number of hydrogen-bond acceptors (Lipinski definition) is 3. The fourth-order valence-corrected chi connectivity index (χ4v) is 3.48. The predicted octanol–water partition coefficient (Wildman–Crippen LogP) is 3.39. The molecule has 0 bridgehead atoms. The zero-order valence-corrected chi connectivity index (χ0v) is 15.4. The van der Waals surface area contributed by atoms with Crippen LogP contribution in [0.25, 0.3) is 0 Å². The summed E-state index contributed by atoms with van der Waals surface area (Å²) in [5.74, 6) is 0.0867. The highest BCUT2D eigenvalue weighted by Crippen LogP contribution is 2.30. The first kappa shape index (κ1) is 18.6. The number of aliphatic hydroxyl groups excluding tert-OH is 1. The normalized spacial score (nSPS) is 21.4. The number of amides is 1. The van der Waals surface area contributed by atoms with Gasteiger partial charge in [0, 0.05) is 6.54 Å². The number of nitrogens with zero attached hydrogens (tertiary/aromatic N) is 1. The summed E-state index contributed by atoms with van der Waals surface area (Å²) in [4.78, 5) is 14.5. The summed E-state index contributed by atoms with van der Waals surface area (Å²) in [6, 6.07) is 19.5. The Hall–Kier alpha value is -2.17. The first-order valence-electron chi connectivity index (χ1n) is 9.23. The van der Waals surface area contributed by atoms with E-state index in [1.54, 1.807) is 4.90 Å². The largest absolute Gasteiger partial charge is 0.391 e. The number of carbonyl (C=O) groups is 1. The van der Waals surface area contributed by atoms with Crippen LogP contribution in [0.15, 0.2) is 60.7 Å². The van der Waals surface area contributed by atoms with Crippen molar-refractivity contribution in [3.8, 4) is 0 Å². The molecular formula is C22H27NO3. The van der Waals surface area contributed by atoms with Crippen LogP contribution in [-0.2, 0) is 22.7 Å². The number of benzene rings is 2. The summed E-state index contributed by atoms with van der Waals surface area (Å²) >= 11 is 0. The zero-order valence-electron chi connectivity index (χ0n) is 15.4. The SMILES string of the molecule is CC(C)[C@@H](O)[C@H]1[C@@H](OCc2ccccc2)CC(=O)N1Cc1ccccc1. The van der Waals surface area contributed by atoms with Crippen LogP contribution < -0.4 is 0 Å². The van der Waals surface area contributed by atoms with E-state index in [2.05, 4.69) is 0 Å². The Balaban J connectivity index is 1.76. The van der Waals surface area contributed by atoms with Crippen LogP contribution in [0.5, 0.6) is 0 Å². The maximum Gasteiger partial charge on any atom is 0.226 e. The second-order valence-corrected chi connectivity index (χ2v) is 7.27. The molecule has 3 rings (SSSR count). The monoisotopic (exact) mass is 353 g/mol. The Morgan fingerprint density at radius 3 is 2.19 bits per heavy atom. The average molecular weight is 353 g/mol. The van der Waals surface area contributed by atoms with Crippen LogP contribution in [0.2, 0.25) is 0 Å². The molecule has 1 amide bonds. The van der Waals surface area contributed by atoms with Gasteiger partial charge in [-0.3, -0.25) is 4.79 Å². The van der Waals surface area contributed by atoms with Gasteiger partial charge in [-0.25, -0.2) is 0 Å². The van der Waals surface area contributed by atoms with Gasteiger partial charge in [0.1, 0.15) is 0 Å². The number of rotatable bonds is 7. The summed E-state index contributed by atoms with van der Waals surface area (Å²) in [6.07, 6.45) is -0.608. The lowest BCUT2D eigenvalue weighted by molar-refractivity contribution is -0.131. The van der Waals surface area contributed by atoms with Crippen LogP contribution in [0.3, 0.4) is 0 Å². The lowest BCUT2D eigenvalue weighted by Crippen LogP contribution is -2.48. The second kappa shape index (κ2) is 8.47. The van der Waals surface area contributed by atoms with E-state index in [4.69, 9.17) is 4.74 Å². The zero-order chi connectivity index (χ0) is 18.5. The van der Waals surface area contributed by atoms with Crippen LogP contribution >= 0.6 is 0 Å². The van der Waals surface area contributed by atoms with Gasteiger partial charge in [0.25, 0.3) is 0 Å². The highest BCUT2D eigenvalue weighted by atomic mass is 16.5. The molecule has 4 nitrogen and oxygen atoms in total. The van der Waals surface area contributed by atoms with E-state index >= 15 is 0 Å². The lowest BCUT2D eigenvalue weighted by atomic mass is 9.95. The molecule has 0 aromatic heterocycles. The van der Waals surface area contributed by atoms with Gasteiger partial charge in [-0.2, -0.15) is 0 Å². The first-order chi connectivity index (χ1) is 12.6. The van der Waals surface area contributed by atoms with Crippen LogP contribution in [-0.4, -0.2) is 34.2 Å². The topological polar surface area (TPSA) is 49.8 Å². The second-order valence-electron chi connectivity index (χ2n) is 7.27. The first-order valence-corrected chi connectivity index (χ1v) is 9.23. The standard InChI is InChI=1S/C22H27NO3/c1-16(2)22(25)21-19(26-15-18-11-7-4-8-12-18)13-20(24)23(21)14-17-9-5-3-6-10-17/h3-12,16,19,21-22,25H,13-15H2,1-2H3/t19-,21+,22+/m0/s1. The molecule has 0 saturated carbocycles. The highest BCUT2D eigenvalue weighted by Gasteiger charge is 2.45. The Kier molecular flexibility index (Phi) is 6.07.